The quantitative estimate of drug-likeness (QED) is 0.0469. The summed E-state index contributed by atoms with van der Waals surface area (Å²) in [5.41, 5.74) is 3.73. The SMILES string of the molecule is CCCCCCCCOc1ccc(C=Nc2ccc(Oc3cccc(Oc4ccc(N=Cc5ccc(OCCCCCCCC)cc5)cc4)c3)cc2)cc1. The predicted molar refractivity (Wildman–Crippen MR) is 225 cm³/mol. The van der Waals surface area contributed by atoms with E-state index in [1.54, 1.807) is 0 Å². The Bertz CT molecular complexity index is 1680. The molecule has 54 heavy (non-hydrogen) atoms. The number of benzene rings is 5. The molecule has 0 N–H and O–H groups in total. The zero-order valence-corrected chi connectivity index (χ0v) is 32.1. The van der Waals surface area contributed by atoms with Gasteiger partial charge in [-0.1, -0.05) is 84.1 Å². The topological polar surface area (TPSA) is 61.6 Å². The first kappa shape index (κ1) is 39.8. The van der Waals surface area contributed by atoms with Gasteiger partial charge in [0.2, 0.25) is 0 Å². The standard InChI is InChI=1S/C48H56N2O4/c1-3-5-7-9-11-13-34-51-43-26-18-39(19-27-43)37-49-41-22-30-45(31-23-41)53-47-16-15-17-48(36-47)54-46-32-24-42(25-33-46)50-38-40-20-28-44(29-21-40)52-35-14-12-10-8-6-4-2/h15-33,36-38H,3-14,34-35H2,1-2H3. The molecular weight excluding hydrogens is 669 g/mol. The fourth-order valence-corrected chi connectivity index (χ4v) is 5.82. The van der Waals surface area contributed by atoms with Crippen molar-refractivity contribution in [2.45, 2.75) is 90.9 Å². The van der Waals surface area contributed by atoms with Crippen molar-refractivity contribution >= 4 is 23.8 Å². The molecule has 0 heterocycles. The molecule has 6 nitrogen and oxygen atoms in total. The van der Waals surface area contributed by atoms with E-state index < -0.39 is 0 Å². The molecule has 5 aromatic rings. The maximum absolute atomic E-state index is 6.12. The van der Waals surface area contributed by atoms with E-state index in [4.69, 9.17) is 18.9 Å². The molecule has 0 aliphatic heterocycles. The zero-order chi connectivity index (χ0) is 37.5. The molecule has 0 aliphatic carbocycles. The molecule has 0 radical (unpaired) electrons. The lowest BCUT2D eigenvalue weighted by atomic mass is 10.1. The van der Waals surface area contributed by atoms with E-state index >= 15 is 0 Å². The van der Waals surface area contributed by atoms with Crippen molar-refractivity contribution in [1.29, 1.82) is 0 Å². The molecule has 0 atom stereocenters. The average Bonchev–Trinajstić information content (AvgIpc) is 3.21. The monoisotopic (exact) mass is 724 g/mol. The number of ether oxygens (including phenoxy) is 4. The van der Waals surface area contributed by atoms with E-state index in [0.717, 1.165) is 71.6 Å². The zero-order valence-electron chi connectivity index (χ0n) is 32.1. The van der Waals surface area contributed by atoms with Crippen LogP contribution in [0, 0.1) is 0 Å². The van der Waals surface area contributed by atoms with Gasteiger partial charge in [0.05, 0.1) is 24.6 Å². The Hall–Kier alpha value is -5.36. The highest BCUT2D eigenvalue weighted by Gasteiger charge is 2.04. The van der Waals surface area contributed by atoms with Gasteiger partial charge in [-0.15, -0.1) is 0 Å². The molecule has 0 saturated heterocycles. The Morgan fingerprint density at radius 2 is 0.759 bits per heavy atom. The lowest BCUT2D eigenvalue weighted by Gasteiger charge is -2.09. The third-order valence-corrected chi connectivity index (χ3v) is 8.97. The summed E-state index contributed by atoms with van der Waals surface area (Å²) < 4.78 is 24.0. The summed E-state index contributed by atoms with van der Waals surface area (Å²) in [6.07, 6.45) is 18.8. The fraction of sp³-hybridized carbons (Fsp3) is 0.333. The fourth-order valence-electron chi connectivity index (χ4n) is 5.82. The third-order valence-electron chi connectivity index (χ3n) is 8.97. The number of unbranched alkanes of at least 4 members (excludes halogenated alkanes) is 10. The molecule has 0 amide bonds. The van der Waals surface area contributed by atoms with E-state index in [0.29, 0.717) is 11.5 Å². The highest BCUT2D eigenvalue weighted by Crippen LogP contribution is 2.30. The van der Waals surface area contributed by atoms with Gasteiger partial charge in [-0.3, -0.25) is 9.98 Å². The first-order valence-corrected chi connectivity index (χ1v) is 19.9. The maximum Gasteiger partial charge on any atom is 0.131 e. The van der Waals surface area contributed by atoms with Gasteiger partial charge in [0.15, 0.2) is 0 Å². The van der Waals surface area contributed by atoms with Crippen molar-refractivity contribution in [1.82, 2.24) is 0 Å². The first-order chi connectivity index (χ1) is 26.7. The highest BCUT2D eigenvalue weighted by molar-refractivity contribution is 5.82. The van der Waals surface area contributed by atoms with Crippen LogP contribution in [-0.2, 0) is 0 Å². The minimum atomic E-state index is 0.683. The van der Waals surface area contributed by atoms with Crippen molar-refractivity contribution < 1.29 is 18.9 Å². The summed E-state index contributed by atoms with van der Waals surface area (Å²) in [6.45, 7) is 6.02. The van der Waals surface area contributed by atoms with E-state index in [2.05, 4.69) is 23.8 Å². The number of hydrogen-bond donors (Lipinski definition) is 0. The Morgan fingerprint density at radius 3 is 1.17 bits per heavy atom. The van der Waals surface area contributed by atoms with Gasteiger partial charge in [0.25, 0.3) is 0 Å². The van der Waals surface area contributed by atoms with E-state index in [9.17, 15) is 0 Å². The minimum Gasteiger partial charge on any atom is -0.494 e. The van der Waals surface area contributed by atoms with Crippen molar-refractivity contribution in [2.75, 3.05) is 13.2 Å². The number of aliphatic imine (C=N–C) groups is 2. The van der Waals surface area contributed by atoms with Gasteiger partial charge in [0, 0.05) is 18.5 Å². The molecule has 0 aliphatic rings. The number of hydrogen-bond acceptors (Lipinski definition) is 6. The van der Waals surface area contributed by atoms with Crippen molar-refractivity contribution in [3.8, 4) is 34.5 Å². The van der Waals surface area contributed by atoms with Crippen LogP contribution < -0.4 is 18.9 Å². The molecule has 0 fully saturated rings. The van der Waals surface area contributed by atoms with E-state index in [1.807, 2.05) is 134 Å². The van der Waals surface area contributed by atoms with Crippen LogP contribution in [0.3, 0.4) is 0 Å². The molecular formula is C48H56N2O4. The van der Waals surface area contributed by atoms with Crippen LogP contribution in [0.1, 0.15) is 102 Å². The van der Waals surface area contributed by atoms with Crippen LogP contribution in [0.25, 0.3) is 0 Å². The molecule has 5 aromatic carbocycles. The summed E-state index contributed by atoms with van der Waals surface area (Å²) >= 11 is 0. The Morgan fingerprint density at radius 1 is 0.389 bits per heavy atom. The molecule has 282 valence electrons. The lowest BCUT2D eigenvalue weighted by molar-refractivity contribution is 0.304. The molecule has 0 spiro atoms. The molecule has 0 unspecified atom stereocenters. The molecule has 6 heteroatoms. The van der Waals surface area contributed by atoms with Crippen LogP contribution in [0.15, 0.2) is 131 Å². The second-order valence-corrected chi connectivity index (χ2v) is 13.6. The van der Waals surface area contributed by atoms with Crippen LogP contribution in [-0.4, -0.2) is 25.6 Å². The smallest absolute Gasteiger partial charge is 0.131 e. The Balaban J connectivity index is 1.03. The van der Waals surface area contributed by atoms with Crippen molar-refractivity contribution in [3.63, 3.8) is 0 Å². The summed E-state index contributed by atoms with van der Waals surface area (Å²) in [5, 5.41) is 0. The second-order valence-electron chi connectivity index (χ2n) is 13.6. The molecule has 5 rings (SSSR count). The van der Waals surface area contributed by atoms with E-state index in [1.165, 1.54) is 64.2 Å². The molecule has 0 bridgehead atoms. The Labute approximate surface area is 322 Å². The average molecular weight is 725 g/mol. The molecule has 0 saturated carbocycles. The van der Waals surface area contributed by atoms with Gasteiger partial charge in [-0.25, -0.2) is 0 Å². The van der Waals surface area contributed by atoms with Gasteiger partial charge >= 0.3 is 0 Å². The number of nitrogens with zero attached hydrogens (tertiary/aromatic N) is 2. The third kappa shape index (κ3) is 14.9. The van der Waals surface area contributed by atoms with Crippen molar-refractivity contribution in [3.05, 3.63) is 132 Å². The van der Waals surface area contributed by atoms with Gasteiger partial charge in [-0.2, -0.15) is 0 Å². The minimum absolute atomic E-state index is 0.683. The van der Waals surface area contributed by atoms with Gasteiger partial charge < -0.3 is 18.9 Å². The van der Waals surface area contributed by atoms with E-state index in [-0.39, 0.29) is 0 Å². The highest BCUT2D eigenvalue weighted by atomic mass is 16.5. The van der Waals surface area contributed by atoms with Crippen LogP contribution in [0.4, 0.5) is 11.4 Å². The summed E-state index contributed by atoms with van der Waals surface area (Å²) in [6, 6.07) is 39.2. The lowest BCUT2D eigenvalue weighted by Crippen LogP contribution is -1.97. The van der Waals surface area contributed by atoms with Crippen molar-refractivity contribution in [2.24, 2.45) is 9.98 Å². The predicted octanol–water partition coefficient (Wildman–Crippen LogP) is 14.3. The van der Waals surface area contributed by atoms with Crippen LogP contribution in [0.5, 0.6) is 34.5 Å². The van der Waals surface area contributed by atoms with Crippen LogP contribution >= 0.6 is 0 Å². The van der Waals surface area contributed by atoms with Crippen LogP contribution in [0.2, 0.25) is 0 Å². The summed E-state index contributed by atoms with van der Waals surface area (Å²) in [7, 11) is 0. The first-order valence-electron chi connectivity index (χ1n) is 19.9. The number of rotatable bonds is 24. The van der Waals surface area contributed by atoms with Gasteiger partial charge in [0.1, 0.15) is 34.5 Å². The largest absolute Gasteiger partial charge is 0.494 e. The normalized spacial score (nSPS) is 11.3. The molecule has 0 aromatic heterocycles. The maximum atomic E-state index is 6.12. The second kappa shape index (κ2) is 23.3. The Kier molecular flexibility index (Phi) is 17.2. The summed E-state index contributed by atoms with van der Waals surface area (Å²) in [4.78, 5) is 9.25. The van der Waals surface area contributed by atoms with Gasteiger partial charge in [-0.05, 0) is 133 Å². The summed E-state index contributed by atoms with van der Waals surface area (Å²) in [5.74, 6) is 4.60.